The van der Waals surface area contributed by atoms with Gasteiger partial charge in [0.15, 0.2) is 0 Å². The maximum atomic E-state index is 12.6. The number of aromatic nitrogens is 1. The number of nitrogens with one attached hydrogen (secondary N) is 3. The van der Waals surface area contributed by atoms with Gasteiger partial charge in [-0.2, -0.15) is 0 Å². The van der Waals surface area contributed by atoms with Crippen molar-refractivity contribution in [2.24, 2.45) is 0 Å². The first-order valence-electron chi connectivity index (χ1n) is 8.94. The lowest BCUT2D eigenvalue weighted by Crippen LogP contribution is -2.49. The Morgan fingerprint density at radius 2 is 1.75 bits per heavy atom. The van der Waals surface area contributed by atoms with Gasteiger partial charge < -0.3 is 16.0 Å². The van der Waals surface area contributed by atoms with Crippen LogP contribution in [0.5, 0.6) is 0 Å². The van der Waals surface area contributed by atoms with Gasteiger partial charge in [-0.05, 0) is 30.7 Å². The molecule has 154 valence electrons. The number of rotatable bonds is 10. The van der Waals surface area contributed by atoms with Crippen molar-refractivity contribution in [3.63, 3.8) is 0 Å². The summed E-state index contributed by atoms with van der Waals surface area (Å²) in [5.74, 6) is -0.498. The fraction of sp³-hybridized carbons (Fsp3) is 0.350. The summed E-state index contributed by atoms with van der Waals surface area (Å²) in [7, 11) is 0. The molecule has 8 heteroatoms. The molecule has 0 aliphatic carbocycles. The molecule has 1 aromatic heterocycles. The fourth-order valence-corrected chi connectivity index (χ4v) is 2.50. The Kier molecular flexibility index (Phi) is 13.7. The highest BCUT2D eigenvalue weighted by molar-refractivity contribution is 5.97. The van der Waals surface area contributed by atoms with Crippen LogP contribution in [-0.2, 0) is 11.2 Å². The predicted octanol–water partition coefficient (Wildman–Crippen LogP) is 2.38. The van der Waals surface area contributed by atoms with E-state index in [4.69, 9.17) is 0 Å². The topological polar surface area (TPSA) is 83.1 Å². The molecule has 2 amide bonds. The first kappa shape index (κ1) is 25.9. The summed E-state index contributed by atoms with van der Waals surface area (Å²) < 4.78 is 0. The second-order valence-electron chi connectivity index (χ2n) is 6.00. The van der Waals surface area contributed by atoms with Crippen molar-refractivity contribution in [3.8, 4) is 0 Å². The summed E-state index contributed by atoms with van der Waals surface area (Å²) in [6, 6.07) is 12.4. The lowest BCUT2D eigenvalue weighted by atomic mass is 10.0. The minimum absolute atomic E-state index is 0. The van der Waals surface area contributed by atoms with Gasteiger partial charge in [0.05, 0.1) is 5.56 Å². The van der Waals surface area contributed by atoms with Crippen LogP contribution in [0.25, 0.3) is 0 Å². The first-order valence-corrected chi connectivity index (χ1v) is 8.94. The lowest BCUT2D eigenvalue weighted by molar-refractivity contribution is -0.122. The average Bonchev–Trinajstić information content (AvgIpc) is 2.68. The van der Waals surface area contributed by atoms with Crippen molar-refractivity contribution in [1.82, 2.24) is 20.9 Å². The largest absolute Gasteiger partial charge is 0.353 e. The molecule has 0 saturated carbocycles. The Morgan fingerprint density at radius 3 is 2.39 bits per heavy atom. The zero-order chi connectivity index (χ0) is 18.6. The fourth-order valence-electron chi connectivity index (χ4n) is 2.50. The van der Waals surface area contributed by atoms with E-state index >= 15 is 0 Å². The molecule has 0 radical (unpaired) electrons. The van der Waals surface area contributed by atoms with Crippen LogP contribution in [0.2, 0.25) is 0 Å². The molecule has 0 aliphatic rings. The second kappa shape index (κ2) is 14.9. The number of hydrogen-bond acceptors (Lipinski definition) is 4. The van der Waals surface area contributed by atoms with Crippen molar-refractivity contribution in [2.45, 2.75) is 25.8 Å². The summed E-state index contributed by atoms with van der Waals surface area (Å²) in [6.45, 7) is 4.23. The molecule has 28 heavy (non-hydrogen) atoms. The number of nitrogens with zero attached hydrogens (tertiary/aromatic N) is 1. The van der Waals surface area contributed by atoms with Crippen molar-refractivity contribution in [2.75, 3.05) is 19.6 Å². The van der Waals surface area contributed by atoms with Crippen molar-refractivity contribution < 1.29 is 9.59 Å². The Labute approximate surface area is 178 Å². The van der Waals surface area contributed by atoms with Crippen LogP contribution in [-0.4, -0.2) is 42.5 Å². The molecule has 0 saturated heterocycles. The summed E-state index contributed by atoms with van der Waals surface area (Å²) in [4.78, 5) is 28.9. The van der Waals surface area contributed by atoms with E-state index in [0.29, 0.717) is 25.1 Å². The third kappa shape index (κ3) is 9.17. The van der Waals surface area contributed by atoms with E-state index in [1.165, 1.54) is 6.20 Å². The van der Waals surface area contributed by atoms with E-state index in [1.54, 1.807) is 18.3 Å². The Hall–Kier alpha value is -2.15. The number of hydrogen-bond donors (Lipinski definition) is 3. The monoisotopic (exact) mass is 426 g/mol. The highest BCUT2D eigenvalue weighted by atomic mass is 35.5. The first-order chi connectivity index (χ1) is 12.7. The van der Waals surface area contributed by atoms with E-state index in [1.807, 2.05) is 30.3 Å². The molecule has 3 N–H and O–H groups in total. The normalized spacial score (nSPS) is 10.8. The van der Waals surface area contributed by atoms with Crippen LogP contribution in [0.15, 0.2) is 54.9 Å². The molecule has 0 aliphatic heterocycles. The maximum Gasteiger partial charge on any atom is 0.253 e. The molecule has 0 spiro atoms. The zero-order valence-corrected chi connectivity index (χ0v) is 17.5. The highest BCUT2D eigenvalue weighted by Crippen LogP contribution is 2.05. The second-order valence-corrected chi connectivity index (χ2v) is 6.00. The van der Waals surface area contributed by atoms with Gasteiger partial charge in [-0.3, -0.25) is 14.6 Å². The van der Waals surface area contributed by atoms with Gasteiger partial charge in [-0.15, -0.1) is 24.8 Å². The number of carbonyl (C=O) groups excluding carboxylic acids is 2. The molecule has 2 rings (SSSR count). The van der Waals surface area contributed by atoms with Gasteiger partial charge in [0, 0.05) is 31.9 Å². The smallest absolute Gasteiger partial charge is 0.253 e. The van der Waals surface area contributed by atoms with E-state index < -0.39 is 6.04 Å². The van der Waals surface area contributed by atoms with Gasteiger partial charge in [0.1, 0.15) is 6.04 Å². The average molecular weight is 427 g/mol. The summed E-state index contributed by atoms with van der Waals surface area (Å²) in [6.07, 6.45) is 4.57. The summed E-state index contributed by atoms with van der Waals surface area (Å²) in [5, 5.41) is 8.94. The minimum atomic E-state index is -0.642. The highest BCUT2D eigenvalue weighted by Gasteiger charge is 2.21. The van der Waals surface area contributed by atoms with Crippen LogP contribution in [0.4, 0.5) is 0 Å². The molecule has 1 atom stereocenters. The molecule has 1 aromatic carbocycles. The molecule has 6 nitrogen and oxygen atoms in total. The summed E-state index contributed by atoms with van der Waals surface area (Å²) >= 11 is 0. The van der Waals surface area contributed by atoms with E-state index in [0.717, 1.165) is 18.5 Å². The molecule has 1 heterocycles. The minimum Gasteiger partial charge on any atom is -0.353 e. The molecular formula is C20H28Cl2N4O2. The molecule has 0 bridgehead atoms. The van der Waals surface area contributed by atoms with Crippen LogP contribution in [0, 0.1) is 0 Å². The quantitative estimate of drug-likeness (QED) is 0.509. The SMILES string of the molecule is CCCNCCNC(=O)C(Cc1ccccc1)NC(=O)c1cccnc1.Cl.Cl. The van der Waals surface area contributed by atoms with Crippen molar-refractivity contribution in [3.05, 3.63) is 66.0 Å². The number of amides is 2. The van der Waals surface area contributed by atoms with Crippen LogP contribution >= 0.6 is 24.8 Å². The van der Waals surface area contributed by atoms with Gasteiger partial charge in [0.25, 0.3) is 5.91 Å². The van der Waals surface area contributed by atoms with Gasteiger partial charge >= 0.3 is 0 Å². The van der Waals surface area contributed by atoms with E-state index in [2.05, 4.69) is 27.9 Å². The van der Waals surface area contributed by atoms with Gasteiger partial charge in [0.2, 0.25) is 5.91 Å². The van der Waals surface area contributed by atoms with Gasteiger partial charge in [-0.25, -0.2) is 0 Å². The Balaban J connectivity index is 0.00000364. The van der Waals surface area contributed by atoms with Crippen LogP contribution in [0.1, 0.15) is 29.3 Å². The molecule has 1 unspecified atom stereocenters. The van der Waals surface area contributed by atoms with Crippen molar-refractivity contribution in [1.29, 1.82) is 0 Å². The lowest BCUT2D eigenvalue weighted by Gasteiger charge is -2.19. The third-order valence-corrected chi connectivity index (χ3v) is 3.86. The number of benzene rings is 1. The van der Waals surface area contributed by atoms with Gasteiger partial charge in [-0.1, -0.05) is 37.3 Å². The molecule has 0 fully saturated rings. The molecular weight excluding hydrogens is 399 g/mol. The van der Waals surface area contributed by atoms with E-state index in [-0.39, 0.29) is 36.6 Å². The van der Waals surface area contributed by atoms with Crippen molar-refractivity contribution >= 4 is 36.6 Å². The number of pyridine rings is 1. The maximum absolute atomic E-state index is 12.6. The number of halogens is 2. The predicted molar refractivity (Wildman–Crippen MR) is 116 cm³/mol. The van der Waals surface area contributed by atoms with Crippen LogP contribution in [0.3, 0.4) is 0 Å². The van der Waals surface area contributed by atoms with Crippen LogP contribution < -0.4 is 16.0 Å². The number of carbonyl (C=O) groups is 2. The Morgan fingerprint density at radius 1 is 1.00 bits per heavy atom. The third-order valence-electron chi connectivity index (χ3n) is 3.86. The Bertz CT molecular complexity index is 687. The molecule has 2 aromatic rings. The summed E-state index contributed by atoms with van der Waals surface area (Å²) in [5.41, 5.74) is 1.42. The van der Waals surface area contributed by atoms with E-state index in [9.17, 15) is 9.59 Å². The standard InChI is InChI=1S/C20H26N4O2.2ClH/c1-2-10-21-12-13-23-20(26)18(14-16-7-4-3-5-8-16)24-19(25)17-9-6-11-22-15-17;;/h3-9,11,15,18,21H,2,10,12-14H2,1H3,(H,23,26)(H,24,25);2*1H. The zero-order valence-electron chi connectivity index (χ0n) is 15.9.